The lowest BCUT2D eigenvalue weighted by Gasteiger charge is -2.24. The number of aromatic nitrogens is 3. The molecule has 1 rings (SSSR count). The number of ether oxygens (including phenoxy) is 1. The van der Waals surface area contributed by atoms with Crippen LogP contribution in [-0.2, 0) is 0 Å². The first-order valence-corrected chi connectivity index (χ1v) is 6.76. The summed E-state index contributed by atoms with van der Waals surface area (Å²) in [6.07, 6.45) is 4.93. The summed E-state index contributed by atoms with van der Waals surface area (Å²) in [6, 6.07) is 0.235. The van der Waals surface area contributed by atoms with Gasteiger partial charge in [0.15, 0.2) is 0 Å². The topological polar surface area (TPSA) is 86.0 Å². The SMILES string of the molecule is CCCCCC(C)(C)CNc1nc(N)nc(OC)n1. The molecular weight excluding hydrogens is 242 g/mol. The number of nitrogen functional groups attached to an aromatic ring is 1. The maximum Gasteiger partial charge on any atom is 0.322 e. The van der Waals surface area contributed by atoms with Crippen LogP contribution in [0.3, 0.4) is 0 Å². The van der Waals surface area contributed by atoms with Gasteiger partial charge in [0.1, 0.15) is 0 Å². The molecule has 0 aliphatic carbocycles. The molecule has 0 saturated carbocycles. The predicted octanol–water partition coefficient (Wildman–Crippen LogP) is 2.48. The molecule has 6 heteroatoms. The molecule has 1 aromatic rings. The van der Waals surface area contributed by atoms with E-state index in [0.717, 1.165) is 6.54 Å². The highest BCUT2D eigenvalue weighted by Gasteiger charge is 2.18. The van der Waals surface area contributed by atoms with Crippen molar-refractivity contribution in [2.45, 2.75) is 46.5 Å². The van der Waals surface area contributed by atoms with Crippen molar-refractivity contribution in [3.05, 3.63) is 0 Å². The van der Waals surface area contributed by atoms with Crippen LogP contribution in [0.1, 0.15) is 46.5 Å². The van der Waals surface area contributed by atoms with E-state index in [0.29, 0.717) is 5.95 Å². The maximum atomic E-state index is 5.59. The number of rotatable bonds is 8. The summed E-state index contributed by atoms with van der Waals surface area (Å²) >= 11 is 0. The number of nitrogens with zero attached hydrogens (tertiary/aromatic N) is 3. The van der Waals surface area contributed by atoms with Gasteiger partial charge >= 0.3 is 6.01 Å². The van der Waals surface area contributed by atoms with Crippen LogP contribution in [0.25, 0.3) is 0 Å². The molecule has 0 spiro atoms. The van der Waals surface area contributed by atoms with Gasteiger partial charge in [-0.2, -0.15) is 15.0 Å². The lowest BCUT2D eigenvalue weighted by molar-refractivity contribution is 0.341. The molecule has 108 valence electrons. The summed E-state index contributed by atoms with van der Waals surface area (Å²) < 4.78 is 4.96. The van der Waals surface area contributed by atoms with Crippen molar-refractivity contribution in [1.82, 2.24) is 15.0 Å². The Bertz CT molecular complexity index is 395. The molecule has 6 nitrogen and oxygen atoms in total. The highest BCUT2D eigenvalue weighted by atomic mass is 16.5. The molecule has 0 unspecified atom stereocenters. The third kappa shape index (κ3) is 5.72. The van der Waals surface area contributed by atoms with Crippen molar-refractivity contribution in [3.63, 3.8) is 0 Å². The maximum absolute atomic E-state index is 5.59. The first kappa shape index (κ1) is 15.5. The number of methoxy groups -OCH3 is 1. The fourth-order valence-electron chi connectivity index (χ4n) is 1.80. The number of nitrogens with two attached hydrogens (primary N) is 1. The van der Waals surface area contributed by atoms with Crippen LogP contribution in [0.15, 0.2) is 0 Å². The second-order valence-electron chi connectivity index (χ2n) is 5.48. The number of hydrogen-bond donors (Lipinski definition) is 2. The third-order valence-corrected chi connectivity index (χ3v) is 3.00. The second kappa shape index (κ2) is 7.11. The van der Waals surface area contributed by atoms with Crippen LogP contribution in [0.4, 0.5) is 11.9 Å². The Morgan fingerprint density at radius 2 is 1.95 bits per heavy atom. The smallest absolute Gasteiger partial charge is 0.322 e. The van der Waals surface area contributed by atoms with Crippen LogP contribution in [0.2, 0.25) is 0 Å². The summed E-state index contributed by atoms with van der Waals surface area (Å²) in [6.45, 7) is 7.48. The van der Waals surface area contributed by atoms with Crippen molar-refractivity contribution in [2.75, 3.05) is 24.7 Å². The van der Waals surface area contributed by atoms with Gasteiger partial charge in [-0.1, -0.05) is 40.0 Å². The summed E-state index contributed by atoms with van der Waals surface area (Å²) in [5.74, 6) is 0.631. The Labute approximate surface area is 115 Å². The lowest BCUT2D eigenvalue weighted by Crippen LogP contribution is -2.24. The minimum atomic E-state index is 0.165. The van der Waals surface area contributed by atoms with Crippen LogP contribution in [-0.4, -0.2) is 28.6 Å². The van der Waals surface area contributed by atoms with E-state index >= 15 is 0 Å². The van der Waals surface area contributed by atoms with Crippen molar-refractivity contribution in [3.8, 4) is 6.01 Å². The van der Waals surface area contributed by atoms with Crippen molar-refractivity contribution < 1.29 is 4.74 Å². The molecule has 1 heterocycles. The van der Waals surface area contributed by atoms with Crippen LogP contribution >= 0.6 is 0 Å². The molecule has 0 fully saturated rings. The summed E-state index contributed by atoms with van der Waals surface area (Å²) in [7, 11) is 1.51. The fourth-order valence-corrected chi connectivity index (χ4v) is 1.80. The van der Waals surface area contributed by atoms with Crippen LogP contribution < -0.4 is 15.8 Å². The first-order valence-electron chi connectivity index (χ1n) is 6.76. The molecular formula is C13H25N5O. The highest BCUT2D eigenvalue weighted by Crippen LogP contribution is 2.24. The normalized spacial score (nSPS) is 11.4. The van der Waals surface area contributed by atoms with E-state index in [2.05, 4.69) is 41.0 Å². The molecule has 0 aliphatic rings. The Kier molecular flexibility index (Phi) is 5.79. The van der Waals surface area contributed by atoms with E-state index in [1.165, 1.54) is 32.8 Å². The number of hydrogen-bond acceptors (Lipinski definition) is 6. The average Bonchev–Trinajstić information content (AvgIpc) is 2.36. The Balaban J connectivity index is 2.53. The van der Waals surface area contributed by atoms with E-state index in [1.807, 2.05) is 0 Å². The molecule has 0 radical (unpaired) electrons. The van der Waals surface area contributed by atoms with Gasteiger partial charge in [0.25, 0.3) is 0 Å². The van der Waals surface area contributed by atoms with Gasteiger partial charge in [0.05, 0.1) is 7.11 Å². The van der Waals surface area contributed by atoms with Gasteiger partial charge in [-0.15, -0.1) is 0 Å². The van der Waals surface area contributed by atoms with Gasteiger partial charge in [0.2, 0.25) is 11.9 Å². The summed E-state index contributed by atoms with van der Waals surface area (Å²) in [4.78, 5) is 12.0. The van der Waals surface area contributed by atoms with Gasteiger partial charge in [-0.3, -0.25) is 0 Å². The van der Waals surface area contributed by atoms with Crippen LogP contribution in [0, 0.1) is 5.41 Å². The van der Waals surface area contributed by atoms with E-state index in [4.69, 9.17) is 10.5 Å². The van der Waals surface area contributed by atoms with Crippen molar-refractivity contribution in [1.29, 1.82) is 0 Å². The zero-order chi connectivity index (χ0) is 14.3. The largest absolute Gasteiger partial charge is 0.467 e. The van der Waals surface area contributed by atoms with Crippen LogP contribution in [0.5, 0.6) is 6.01 Å². The molecule has 19 heavy (non-hydrogen) atoms. The average molecular weight is 267 g/mol. The molecule has 1 aromatic heterocycles. The number of unbranched alkanes of at least 4 members (excludes halogenated alkanes) is 2. The third-order valence-electron chi connectivity index (χ3n) is 3.00. The second-order valence-corrected chi connectivity index (χ2v) is 5.48. The number of anilines is 2. The molecule has 0 aliphatic heterocycles. The minimum absolute atomic E-state index is 0.165. The van der Waals surface area contributed by atoms with E-state index in [1.54, 1.807) is 0 Å². The highest BCUT2D eigenvalue weighted by molar-refractivity contribution is 5.32. The first-order chi connectivity index (χ1) is 8.96. The number of nitrogens with one attached hydrogen (secondary N) is 1. The van der Waals surface area contributed by atoms with Gasteiger partial charge < -0.3 is 15.8 Å². The lowest BCUT2D eigenvalue weighted by atomic mass is 9.87. The zero-order valence-electron chi connectivity index (χ0n) is 12.4. The Morgan fingerprint density at radius 1 is 1.21 bits per heavy atom. The zero-order valence-corrected chi connectivity index (χ0v) is 12.4. The van der Waals surface area contributed by atoms with E-state index in [-0.39, 0.29) is 17.4 Å². The van der Waals surface area contributed by atoms with Crippen molar-refractivity contribution >= 4 is 11.9 Å². The molecule has 0 amide bonds. The van der Waals surface area contributed by atoms with E-state index in [9.17, 15) is 0 Å². The Morgan fingerprint density at radius 3 is 2.58 bits per heavy atom. The van der Waals surface area contributed by atoms with Gasteiger partial charge in [-0.05, 0) is 11.8 Å². The quantitative estimate of drug-likeness (QED) is 0.704. The summed E-state index contributed by atoms with van der Waals surface area (Å²) in [5.41, 5.74) is 5.79. The molecule has 0 aromatic carbocycles. The monoisotopic (exact) mass is 267 g/mol. The fraction of sp³-hybridized carbons (Fsp3) is 0.769. The standard InChI is InChI=1S/C13H25N5O/c1-5-6-7-8-13(2,3)9-15-11-16-10(14)17-12(18-11)19-4/h5-9H2,1-4H3,(H3,14,15,16,17,18). The summed E-state index contributed by atoms with van der Waals surface area (Å²) in [5, 5.41) is 3.21. The predicted molar refractivity (Wildman–Crippen MR) is 77.2 cm³/mol. The molecule has 0 bridgehead atoms. The Hall–Kier alpha value is -1.59. The van der Waals surface area contributed by atoms with E-state index < -0.39 is 0 Å². The molecule has 0 saturated heterocycles. The van der Waals surface area contributed by atoms with Crippen molar-refractivity contribution in [2.24, 2.45) is 5.41 Å². The minimum Gasteiger partial charge on any atom is -0.467 e. The van der Waals surface area contributed by atoms with Gasteiger partial charge in [-0.25, -0.2) is 0 Å². The molecule has 0 atom stereocenters. The molecule has 3 N–H and O–H groups in total. The van der Waals surface area contributed by atoms with Gasteiger partial charge in [0, 0.05) is 6.54 Å².